The minimum Gasteiger partial charge on any atom is -0.494 e. The van der Waals surface area contributed by atoms with Crippen LogP contribution in [-0.2, 0) is 9.84 Å². The third kappa shape index (κ3) is 4.44. The van der Waals surface area contributed by atoms with Crippen LogP contribution < -0.4 is 10.1 Å². The summed E-state index contributed by atoms with van der Waals surface area (Å²) in [5.74, 6) is 0.248. The van der Waals surface area contributed by atoms with Crippen molar-refractivity contribution in [3.05, 3.63) is 84.7 Å². The number of sulfone groups is 1. The van der Waals surface area contributed by atoms with E-state index in [0.717, 1.165) is 12.1 Å². The van der Waals surface area contributed by atoms with Crippen LogP contribution >= 0.6 is 0 Å². The predicted octanol–water partition coefficient (Wildman–Crippen LogP) is 5.46. The number of ether oxygens (including phenoxy) is 1. The van der Waals surface area contributed by atoms with Crippen molar-refractivity contribution in [1.29, 1.82) is 0 Å². The molecule has 0 atom stereocenters. The number of nitrogens with zero attached hydrogens (tertiary/aromatic N) is 1. The van der Waals surface area contributed by atoms with Crippen LogP contribution in [0.2, 0.25) is 0 Å². The maximum atomic E-state index is 13.3. The van der Waals surface area contributed by atoms with Crippen molar-refractivity contribution < 1.29 is 22.0 Å². The number of rotatable bonds is 7. The fraction of sp³-hybridized carbons (Fsp3) is 0.0870. The van der Waals surface area contributed by atoms with E-state index < -0.39 is 15.7 Å². The summed E-state index contributed by atoms with van der Waals surface area (Å²) in [6, 6.07) is 20.5. The molecule has 1 heterocycles. The van der Waals surface area contributed by atoms with Crippen molar-refractivity contribution in [3.8, 4) is 17.2 Å². The molecule has 31 heavy (non-hydrogen) atoms. The molecule has 0 bridgehead atoms. The third-order valence-corrected chi connectivity index (χ3v) is 6.10. The molecule has 8 heteroatoms. The summed E-state index contributed by atoms with van der Waals surface area (Å²) in [5.41, 5.74) is 1.22. The molecule has 0 aliphatic rings. The summed E-state index contributed by atoms with van der Waals surface area (Å²) in [5, 5.41) is 2.69. The van der Waals surface area contributed by atoms with E-state index in [0.29, 0.717) is 23.6 Å². The first kappa shape index (κ1) is 20.6. The van der Waals surface area contributed by atoms with Gasteiger partial charge in [0.1, 0.15) is 11.6 Å². The number of halogens is 1. The van der Waals surface area contributed by atoms with E-state index in [-0.39, 0.29) is 21.7 Å². The third-order valence-electron chi connectivity index (χ3n) is 4.42. The summed E-state index contributed by atoms with van der Waals surface area (Å²) in [4.78, 5) is 4.18. The van der Waals surface area contributed by atoms with E-state index in [1.807, 2.05) is 13.0 Å². The van der Waals surface area contributed by atoms with Gasteiger partial charge in [-0.15, -0.1) is 0 Å². The summed E-state index contributed by atoms with van der Waals surface area (Å²) in [6.45, 7) is 2.42. The maximum Gasteiger partial charge on any atom is 0.238 e. The van der Waals surface area contributed by atoms with Crippen molar-refractivity contribution in [1.82, 2.24) is 4.98 Å². The summed E-state index contributed by atoms with van der Waals surface area (Å²) in [6.07, 6.45) is 0. The fourth-order valence-corrected chi connectivity index (χ4v) is 4.19. The number of para-hydroxylation sites is 1. The highest BCUT2D eigenvalue weighted by Crippen LogP contribution is 2.34. The molecule has 0 unspecified atom stereocenters. The Balaban J connectivity index is 1.79. The Morgan fingerprint density at radius 3 is 2.29 bits per heavy atom. The van der Waals surface area contributed by atoms with Gasteiger partial charge in [0.15, 0.2) is 0 Å². The van der Waals surface area contributed by atoms with Gasteiger partial charge in [0.2, 0.25) is 26.6 Å². The Morgan fingerprint density at radius 2 is 1.65 bits per heavy atom. The molecule has 0 saturated carbocycles. The molecule has 0 fully saturated rings. The summed E-state index contributed by atoms with van der Waals surface area (Å²) in [7, 11) is -4.07. The molecule has 0 saturated heterocycles. The Labute approximate surface area is 179 Å². The largest absolute Gasteiger partial charge is 0.494 e. The molecule has 0 aliphatic carbocycles. The summed E-state index contributed by atoms with van der Waals surface area (Å²) < 4.78 is 51.0. The molecule has 0 aliphatic heterocycles. The second kappa shape index (κ2) is 8.61. The molecule has 6 nitrogen and oxygen atoms in total. The molecular weight excluding hydrogens is 419 g/mol. The number of anilines is 2. The molecule has 0 amide bonds. The van der Waals surface area contributed by atoms with Gasteiger partial charge in [-0.1, -0.05) is 18.2 Å². The van der Waals surface area contributed by atoms with Crippen LogP contribution in [0.3, 0.4) is 0 Å². The van der Waals surface area contributed by atoms with E-state index in [9.17, 15) is 12.8 Å². The van der Waals surface area contributed by atoms with Gasteiger partial charge in [-0.3, -0.25) is 0 Å². The van der Waals surface area contributed by atoms with Crippen LogP contribution in [0.25, 0.3) is 11.5 Å². The number of hydrogen-bond donors (Lipinski definition) is 1. The first-order valence-electron chi connectivity index (χ1n) is 9.54. The normalized spacial score (nSPS) is 11.3. The smallest absolute Gasteiger partial charge is 0.238 e. The molecule has 1 aromatic heterocycles. The minimum atomic E-state index is -4.07. The Bertz CT molecular complexity index is 1270. The number of aromatic nitrogens is 1. The SMILES string of the molecule is CCOc1ccc(-c2nc(S(=O)(=O)c3ccc(F)cc3)c(Nc3ccccc3)o2)cc1. The highest BCUT2D eigenvalue weighted by Gasteiger charge is 2.29. The van der Waals surface area contributed by atoms with E-state index >= 15 is 0 Å². The van der Waals surface area contributed by atoms with E-state index in [2.05, 4.69) is 10.3 Å². The van der Waals surface area contributed by atoms with Crippen LogP contribution in [0.15, 0.2) is 93.2 Å². The van der Waals surface area contributed by atoms with Gasteiger partial charge in [0, 0.05) is 11.3 Å². The molecule has 0 radical (unpaired) electrons. The van der Waals surface area contributed by atoms with Gasteiger partial charge in [-0.05, 0) is 67.6 Å². The first-order valence-corrected chi connectivity index (χ1v) is 11.0. The Morgan fingerprint density at radius 1 is 0.968 bits per heavy atom. The quantitative estimate of drug-likeness (QED) is 0.386. The number of hydrogen-bond acceptors (Lipinski definition) is 6. The maximum absolute atomic E-state index is 13.3. The van der Waals surface area contributed by atoms with Gasteiger partial charge in [0.25, 0.3) is 0 Å². The molecule has 4 rings (SSSR count). The average molecular weight is 438 g/mol. The monoisotopic (exact) mass is 438 g/mol. The standard InChI is InChI=1S/C23H19FN2O4S/c1-2-29-19-12-8-16(9-13-19)21-26-23(22(30-21)25-18-6-4-3-5-7-18)31(27,28)20-14-10-17(24)11-15-20/h3-15,25H,2H2,1H3. The molecule has 4 aromatic rings. The molecule has 158 valence electrons. The van der Waals surface area contributed by atoms with Crippen molar-refractivity contribution in [2.45, 2.75) is 16.8 Å². The van der Waals surface area contributed by atoms with Crippen LogP contribution in [0, 0.1) is 5.82 Å². The fourth-order valence-electron chi connectivity index (χ4n) is 2.93. The van der Waals surface area contributed by atoms with E-state index in [1.54, 1.807) is 48.5 Å². The second-order valence-corrected chi connectivity index (χ2v) is 8.42. The lowest BCUT2D eigenvalue weighted by molar-refractivity contribution is 0.340. The highest BCUT2D eigenvalue weighted by molar-refractivity contribution is 7.91. The average Bonchev–Trinajstić information content (AvgIpc) is 3.20. The Hall–Kier alpha value is -3.65. The van der Waals surface area contributed by atoms with Gasteiger partial charge in [-0.2, -0.15) is 4.98 Å². The lowest BCUT2D eigenvalue weighted by Gasteiger charge is -2.06. The van der Waals surface area contributed by atoms with Crippen molar-refractivity contribution in [3.63, 3.8) is 0 Å². The number of oxazole rings is 1. The predicted molar refractivity (Wildman–Crippen MR) is 115 cm³/mol. The molecule has 1 N–H and O–H groups in total. The van der Waals surface area contributed by atoms with Crippen LogP contribution in [-0.4, -0.2) is 20.0 Å². The van der Waals surface area contributed by atoms with Gasteiger partial charge >= 0.3 is 0 Å². The number of nitrogens with one attached hydrogen (secondary N) is 1. The molecule has 3 aromatic carbocycles. The zero-order valence-electron chi connectivity index (χ0n) is 16.6. The summed E-state index contributed by atoms with van der Waals surface area (Å²) >= 11 is 0. The topological polar surface area (TPSA) is 81.4 Å². The zero-order valence-corrected chi connectivity index (χ0v) is 17.4. The van der Waals surface area contributed by atoms with Crippen molar-refractivity contribution in [2.75, 3.05) is 11.9 Å². The second-order valence-electron chi connectivity index (χ2n) is 6.56. The highest BCUT2D eigenvalue weighted by atomic mass is 32.2. The number of benzene rings is 3. The van der Waals surface area contributed by atoms with Crippen LogP contribution in [0.4, 0.5) is 16.0 Å². The van der Waals surface area contributed by atoms with Crippen molar-refractivity contribution in [2.24, 2.45) is 0 Å². The lowest BCUT2D eigenvalue weighted by Crippen LogP contribution is -2.05. The van der Waals surface area contributed by atoms with Crippen molar-refractivity contribution >= 4 is 21.4 Å². The molecular formula is C23H19FN2O4S. The Kier molecular flexibility index (Phi) is 5.73. The van der Waals surface area contributed by atoms with Gasteiger partial charge < -0.3 is 14.5 Å². The zero-order chi connectivity index (χ0) is 21.8. The van der Waals surface area contributed by atoms with Crippen LogP contribution in [0.5, 0.6) is 5.75 Å². The lowest BCUT2D eigenvalue weighted by atomic mass is 10.2. The minimum absolute atomic E-state index is 0.0283. The van der Waals surface area contributed by atoms with E-state index in [1.165, 1.54) is 12.1 Å². The molecule has 0 spiro atoms. The van der Waals surface area contributed by atoms with Crippen LogP contribution in [0.1, 0.15) is 6.92 Å². The van der Waals surface area contributed by atoms with E-state index in [4.69, 9.17) is 9.15 Å². The first-order chi connectivity index (χ1) is 15.0. The van der Waals surface area contributed by atoms with Gasteiger partial charge in [0.05, 0.1) is 11.5 Å². The van der Waals surface area contributed by atoms with Gasteiger partial charge in [-0.25, -0.2) is 12.8 Å².